The van der Waals surface area contributed by atoms with Crippen molar-refractivity contribution in [2.45, 2.75) is 0 Å². The third-order valence-corrected chi connectivity index (χ3v) is 2.72. The number of sulfonamides is 1. The highest BCUT2D eigenvalue weighted by Gasteiger charge is 2.26. The lowest BCUT2D eigenvalue weighted by Crippen LogP contribution is -2.29. The molecule has 11 heavy (non-hydrogen) atoms. The second kappa shape index (κ2) is 1.76. The average molecular weight is 169 g/mol. The van der Waals surface area contributed by atoms with Crippen LogP contribution in [0.1, 0.15) is 0 Å². The molecule has 0 amide bonds. The van der Waals surface area contributed by atoms with E-state index in [-0.39, 0.29) is 0 Å². The number of benzene rings is 1. The van der Waals surface area contributed by atoms with Crippen molar-refractivity contribution in [3.8, 4) is 0 Å². The Kier molecular flexibility index (Phi) is 1.07. The largest absolute Gasteiger partial charge is 0.239 e. The molecule has 58 valence electrons. The van der Waals surface area contributed by atoms with Crippen molar-refractivity contribution in [2.24, 2.45) is 0 Å². The number of rotatable bonds is 1. The van der Waals surface area contributed by atoms with Gasteiger partial charge in [-0.1, -0.05) is 6.07 Å². The summed E-state index contributed by atoms with van der Waals surface area (Å²) in [4.78, 5) is 0. The van der Waals surface area contributed by atoms with Crippen LogP contribution >= 0.6 is 0 Å². The van der Waals surface area contributed by atoms with Crippen LogP contribution < -0.4 is 4.31 Å². The Bertz CT molecular complexity index is 370. The summed E-state index contributed by atoms with van der Waals surface area (Å²) in [5.74, 6) is 0. The highest BCUT2D eigenvalue weighted by molar-refractivity contribution is 7.92. The van der Waals surface area contributed by atoms with Gasteiger partial charge in [-0.25, -0.2) is 12.7 Å². The third-order valence-electron chi connectivity index (χ3n) is 1.63. The van der Waals surface area contributed by atoms with Crippen molar-refractivity contribution in [3.63, 3.8) is 0 Å². The summed E-state index contributed by atoms with van der Waals surface area (Å²) in [6, 6.07) is 7.22. The maximum absolute atomic E-state index is 11.0. The van der Waals surface area contributed by atoms with Crippen molar-refractivity contribution < 1.29 is 8.42 Å². The molecule has 4 heteroatoms. The highest BCUT2D eigenvalue weighted by atomic mass is 32.2. The number of fused-ring (bicyclic) bond motifs is 2. The van der Waals surface area contributed by atoms with E-state index in [0.717, 1.165) is 11.4 Å². The van der Waals surface area contributed by atoms with Gasteiger partial charge >= 0.3 is 0 Å². The zero-order valence-electron chi connectivity index (χ0n) is 5.98. The molecule has 0 aliphatic carbocycles. The van der Waals surface area contributed by atoms with Crippen LogP contribution in [-0.2, 0) is 10.0 Å². The molecular formula is C7H7NO2S. The molecule has 0 N–H and O–H groups in total. The van der Waals surface area contributed by atoms with E-state index < -0.39 is 10.0 Å². The molecule has 2 aliphatic heterocycles. The topological polar surface area (TPSA) is 37.4 Å². The Hall–Kier alpha value is -1.03. The van der Waals surface area contributed by atoms with Gasteiger partial charge in [0.1, 0.15) is 0 Å². The summed E-state index contributed by atoms with van der Waals surface area (Å²) < 4.78 is 23.4. The maximum atomic E-state index is 11.0. The third kappa shape index (κ3) is 0.826. The van der Waals surface area contributed by atoms with Crippen molar-refractivity contribution in [1.29, 1.82) is 0 Å². The first kappa shape index (κ1) is 6.67. The molecule has 2 aliphatic rings. The molecule has 3 nitrogen and oxygen atoms in total. The highest BCUT2D eigenvalue weighted by Crippen LogP contribution is 2.38. The summed E-state index contributed by atoms with van der Waals surface area (Å²) >= 11 is 0. The Morgan fingerprint density at radius 3 is 2.09 bits per heavy atom. The predicted octanol–water partition coefficient (Wildman–Crippen LogP) is 1.10. The molecule has 0 saturated carbocycles. The van der Waals surface area contributed by atoms with Gasteiger partial charge in [0.25, 0.3) is 0 Å². The second-order valence-electron chi connectivity index (χ2n) is 2.55. The Labute approximate surface area is 65.3 Å². The lowest BCUT2D eigenvalue weighted by atomic mass is 10.2. The smallest absolute Gasteiger partial charge is 0.236 e. The van der Waals surface area contributed by atoms with Crippen LogP contribution in [0.25, 0.3) is 0 Å². The minimum Gasteiger partial charge on any atom is -0.239 e. The minimum atomic E-state index is -3.08. The van der Waals surface area contributed by atoms with Gasteiger partial charge in [-0.05, 0) is 18.2 Å². The monoisotopic (exact) mass is 169 g/mol. The lowest BCUT2D eigenvalue weighted by molar-refractivity contribution is 0.601. The normalized spacial score (nSPS) is 14.5. The van der Waals surface area contributed by atoms with E-state index in [1.54, 1.807) is 12.1 Å². The van der Waals surface area contributed by atoms with Gasteiger partial charge in [-0.3, -0.25) is 0 Å². The van der Waals surface area contributed by atoms with E-state index in [9.17, 15) is 8.42 Å². The molecule has 1 aromatic rings. The van der Waals surface area contributed by atoms with Crippen LogP contribution in [0.5, 0.6) is 0 Å². The first-order valence-corrected chi connectivity index (χ1v) is 5.04. The van der Waals surface area contributed by atoms with Crippen molar-refractivity contribution >= 4 is 21.4 Å². The summed E-state index contributed by atoms with van der Waals surface area (Å²) in [6.07, 6.45) is 1.20. The van der Waals surface area contributed by atoms with Gasteiger partial charge in [-0.15, -0.1) is 0 Å². The molecule has 3 rings (SSSR count). The first-order chi connectivity index (χ1) is 5.09. The zero-order valence-corrected chi connectivity index (χ0v) is 6.80. The molecular weight excluding hydrogens is 162 g/mol. The zero-order chi connectivity index (χ0) is 8.06. The van der Waals surface area contributed by atoms with Gasteiger partial charge in [0.15, 0.2) is 0 Å². The summed E-state index contributed by atoms with van der Waals surface area (Å²) in [7, 11) is -3.08. The van der Waals surface area contributed by atoms with Crippen molar-refractivity contribution in [2.75, 3.05) is 10.6 Å². The summed E-state index contributed by atoms with van der Waals surface area (Å²) in [5.41, 5.74) is 1.51. The SMILES string of the molecule is CS(=O)(=O)N1c2cccc1c2. The molecule has 2 heterocycles. The van der Waals surface area contributed by atoms with Crippen LogP contribution in [0.2, 0.25) is 0 Å². The molecule has 0 atom stereocenters. The number of nitrogens with zero attached hydrogens (tertiary/aromatic N) is 1. The Morgan fingerprint density at radius 2 is 1.82 bits per heavy atom. The molecule has 0 unspecified atom stereocenters. The summed E-state index contributed by atoms with van der Waals surface area (Å²) in [6.45, 7) is 0. The van der Waals surface area contributed by atoms with E-state index in [0.29, 0.717) is 0 Å². The summed E-state index contributed by atoms with van der Waals surface area (Å²) in [5, 5.41) is 0. The van der Waals surface area contributed by atoms with Crippen molar-refractivity contribution in [1.82, 2.24) is 0 Å². The maximum Gasteiger partial charge on any atom is 0.236 e. The molecule has 0 radical (unpaired) electrons. The van der Waals surface area contributed by atoms with Gasteiger partial charge < -0.3 is 0 Å². The number of hydrogen-bond acceptors (Lipinski definition) is 2. The fourth-order valence-corrected chi connectivity index (χ4v) is 2.20. The van der Waals surface area contributed by atoms with E-state index in [1.165, 1.54) is 10.6 Å². The Morgan fingerprint density at radius 1 is 1.27 bits per heavy atom. The van der Waals surface area contributed by atoms with E-state index in [1.807, 2.05) is 12.1 Å². The molecule has 0 spiro atoms. The van der Waals surface area contributed by atoms with E-state index in [4.69, 9.17) is 0 Å². The van der Waals surface area contributed by atoms with Crippen LogP contribution in [0.3, 0.4) is 0 Å². The van der Waals surface area contributed by atoms with Crippen LogP contribution in [-0.4, -0.2) is 14.7 Å². The van der Waals surface area contributed by atoms with Gasteiger partial charge in [-0.2, -0.15) is 0 Å². The quantitative estimate of drug-likeness (QED) is 0.631. The fourth-order valence-electron chi connectivity index (χ4n) is 1.21. The first-order valence-electron chi connectivity index (χ1n) is 3.19. The van der Waals surface area contributed by atoms with E-state index >= 15 is 0 Å². The standard InChI is InChI=1S/C7H7NO2S/c1-11(9,10)8-6-3-2-4-7(8)5-6/h2-5H,1H3. The van der Waals surface area contributed by atoms with Gasteiger partial charge in [0.05, 0.1) is 17.6 Å². The predicted molar refractivity (Wildman–Crippen MR) is 43.4 cm³/mol. The Balaban J connectivity index is 2.53. The van der Waals surface area contributed by atoms with Gasteiger partial charge in [0, 0.05) is 0 Å². The van der Waals surface area contributed by atoms with Gasteiger partial charge in [0.2, 0.25) is 10.0 Å². The van der Waals surface area contributed by atoms with Crippen molar-refractivity contribution in [3.05, 3.63) is 24.3 Å². The van der Waals surface area contributed by atoms with Crippen LogP contribution in [0.4, 0.5) is 11.4 Å². The molecule has 0 aromatic heterocycles. The lowest BCUT2D eigenvalue weighted by Gasteiger charge is -2.30. The molecule has 2 bridgehead atoms. The van der Waals surface area contributed by atoms with E-state index in [2.05, 4.69) is 0 Å². The molecule has 0 fully saturated rings. The van der Waals surface area contributed by atoms with Crippen LogP contribution in [0, 0.1) is 0 Å². The molecule has 0 saturated heterocycles. The average Bonchev–Trinajstić information content (AvgIpc) is 1.85. The molecule has 1 aromatic carbocycles. The second-order valence-corrected chi connectivity index (χ2v) is 4.38. The minimum absolute atomic E-state index is 0.755. The number of anilines is 2. The van der Waals surface area contributed by atoms with Crippen LogP contribution in [0.15, 0.2) is 24.3 Å². The number of hydrogen-bond donors (Lipinski definition) is 0. The fraction of sp³-hybridized carbons (Fsp3) is 0.143.